The van der Waals surface area contributed by atoms with Gasteiger partial charge < -0.3 is 9.84 Å². The summed E-state index contributed by atoms with van der Waals surface area (Å²) in [7, 11) is 1.43. The lowest BCUT2D eigenvalue weighted by Gasteiger charge is -2.05. The van der Waals surface area contributed by atoms with E-state index in [2.05, 4.69) is 0 Å². The first-order valence-corrected chi connectivity index (χ1v) is 4.18. The Morgan fingerprint density at radius 2 is 2.31 bits per heavy atom. The SMILES string of the molecule is COc1ccc(CCl)cc1C(=O)O. The van der Waals surface area contributed by atoms with Crippen LogP contribution in [0, 0.1) is 0 Å². The maximum Gasteiger partial charge on any atom is 0.339 e. The van der Waals surface area contributed by atoms with Crippen LogP contribution in [0.4, 0.5) is 0 Å². The van der Waals surface area contributed by atoms with Gasteiger partial charge in [0.05, 0.1) is 7.11 Å². The Kier molecular flexibility index (Phi) is 3.14. The molecule has 1 aromatic carbocycles. The average Bonchev–Trinajstić information content (AvgIpc) is 2.16. The number of benzene rings is 1. The van der Waals surface area contributed by atoms with Crippen molar-refractivity contribution in [1.29, 1.82) is 0 Å². The third-order valence-corrected chi connectivity index (χ3v) is 1.96. The van der Waals surface area contributed by atoms with Crippen LogP contribution < -0.4 is 4.74 Å². The first-order valence-electron chi connectivity index (χ1n) is 3.65. The maximum atomic E-state index is 10.7. The lowest BCUT2D eigenvalue weighted by atomic mass is 10.1. The van der Waals surface area contributed by atoms with Gasteiger partial charge in [-0.2, -0.15) is 0 Å². The molecule has 70 valence electrons. The van der Waals surface area contributed by atoms with Crippen LogP contribution in [0.15, 0.2) is 18.2 Å². The molecule has 1 aromatic rings. The van der Waals surface area contributed by atoms with Gasteiger partial charge in [0.2, 0.25) is 0 Å². The van der Waals surface area contributed by atoms with Crippen LogP contribution >= 0.6 is 11.6 Å². The second kappa shape index (κ2) is 4.14. The molecule has 0 aromatic heterocycles. The lowest BCUT2D eigenvalue weighted by molar-refractivity contribution is 0.0693. The summed E-state index contributed by atoms with van der Waals surface area (Å²) < 4.78 is 4.88. The van der Waals surface area contributed by atoms with Crippen molar-refractivity contribution in [3.63, 3.8) is 0 Å². The molecule has 0 aliphatic carbocycles. The zero-order chi connectivity index (χ0) is 9.84. The van der Waals surface area contributed by atoms with Crippen LogP contribution in [0.25, 0.3) is 0 Å². The van der Waals surface area contributed by atoms with Gasteiger partial charge in [-0.05, 0) is 17.7 Å². The fourth-order valence-corrected chi connectivity index (χ4v) is 1.17. The van der Waals surface area contributed by atoms with Gasteiger partial charge >= 0.3 is 5.97 Å². The fraction of sp³-hybridized carbons (Fsp3) is 0.222. The summed E-state index contributed by atoms with van der Waals surface area (Å²) in [5, 5.41) is 8.79. The molecule has 0 radical (unpaired) electrons. The highest BCUT2D eigenvalue weighted by Crippen LogP contribution is 2.20. The minimum Gasteiger partial charge on any atom is -0.496 e. The van der Waals surface area contributed by atoms with Crippen LogP contribution in [0.1, 0.15) is 15.9 Å². The zero-order valence-electron chi connectivity index (χ0n) is 7.08. The minimum atomic E-state index is -1.01. The molecule has 0 aliphatic rings. The summed E-state index contributed by atoms with van der Waals surface area (Å²) >= 11 is 5.57. The number of hydrogen-bond acceptors (Lipinski definition) is 2. The second-order valence-electron chi connectivity index (χ2n) is 2.47. The molecule has 1 rings (SSSR count). The van der Waals surface area contributed by atoms with Gasteiger partial charge in [-0.1, -0.05) is 6.07 Å². The number of rotatable bonds is 3. The van der Waals surface area contributed by atoms with Crippen molar-refractivity contribution in [3.05, 3.63) is 29.3 Å². The predicted octanol–water partition coefficient (Wildman–Crippen LogP) is 2.13. The van der Waals surface area contributed by atoms with Gasteiger partial charge in [-0.3, -0.25) is 0 Å². The summed E-state index contributed by atoms with van der Waals surface area (Å²) in [6.45, 7) is 0. The average molecular weight is 201 g/mol. The number of ether oxygens (including phenoxy) is 1. The summed E-state index contributed by atoms with van der Waals surface area (Å²) in [6, 6.07) is 4.84. The summed E-state index contributed by atoms with van der Waals surface area (Å²) in [4.78, 5) is 10.7. The van der Waals surface area contributed by atoms with Gasteiger partial charge in [0.15, 0.2) is 0 Å². The molecule has 13 heavy (non-hydrogen) atoms. The third-order valence-electron chi connectivity index (χ3n) is 1.65. The Balaban J connectivity index is 3.18. The first kappa shape index (κ1) is 9.86. The van der Waals surface area contributed by atoms with Gasteiger partial charge in [0.1, 0.15) is 11.3 Å². The summed E-state index contributed by atoms with van der Waals surface area (Å²) in [5.41, 5.74) is 0.903. The fourth-order valence-electron chi connectivity index (χ4n) is 1.01. The lowest BCUT2D eigenvalue weighted by Crippen LogP contribution is -2.01. The number of carboxylic acids is 1. The van der Waals surface area contributed by atoms with Gasteiger partial charge in [-0.25, -0.2) is 4.79 Å². The standard InChI is InChI=1S/C9H9ClO3/c1-13-8-3-2-6(5-10)4-7(8)9(11)12/h2-4H,5H2,1H3,(H,11,12). The first-order chi connectivity index (χ1) is 6.19. The number of methoxy groups -OCH3 is 1. The van der Waals surface area contributed by atoms with Crippen molar-refractivity contribution in [2.75, 3.05) is 7.11 Å². The quantitative estimate of drug-likeness (QED) is 0.761. The van der Waals surface area contributed by atoms with Crippen molar-refractivity contribution in [2.24, 2.45) is 0 Å². The molecule has 3 nitrogen and oxygen atoms in total. The number of alkyl halides is 1. The van der Waals surface area contributed by atoms with E-state index in [1.807, 2.05) is 0 Å². The normalized spacial score (nSPS) is 9.69. The van der Waals surface area contributed by atoms with Crippen LogP contribution in [0.3, 0.4) is 0 Å². The maximum absolute atomic E-state index is 10.7. The molecule has 0 saturated heterocycles. The van der Waals surface area contributed by atoms with E-state index in [-0.39, 0.29) is 5.56 Å². The van der Waals surface area contributed by atoms with E-state index in [9.17, 15) is 4.79 Å². The molecule has 0 unspecified atom stereocenters. The highest BCUT2D eigenvalue weighted by Gasteiger charge is 2.10. The molecule has 0 spiro atoms. The van der Waals surface area contributed by atoms with Gasteiger partial charge in [0.25, 0.3) is 0 Å². The van der Waals surface area contributed by atoms with Crippen molar-refractivity contribution < 1.29 is 14.6 Å². The van der Waals surface area contributed by atoms with Crippen molar-refractivity contribution in [2.45, 2.75) is 5.88 Å². The molecule has 0 saturated carbocycles. The topological polar surface area (TPSA) is 46.5 Å². The van der Waals surface area contributed by atoms with Crippen molar-refractivity contribution in [3.8, 4) is 5.75 Å². The number of aromatic carboxylic acids is 1. The van der Waals surface area contributed by atoms with Crippen molar-refractivity contribution >= 4 is 17.6 Å². The van der Waals surface area contributed by atoms with Crippen LogP contribution in [0.5, 0.6) is 5.75 Å². The minimum absolute atomic E-state index is 0.139. The van der Waals surface area contributed by atoms with Crippen LogP contribution in [-0.2, 0) is 5.88 Å². The molecule has 0 amide bonds. The number of hydrogen-bond donors (Lipinski definition) is 1. The Hall–Kier alpha value is -1.22. The molecule has 0 heterocycles. The van der Waals surface area contributed by atoms with E-state index in [1.54, 1.807) is 12.1 Å². The molecule has 4 heteroatoms. The van der Waals surface area contributed by atoms with E-state index < -0.39 is 5.97 Å². The monoisotopic (exact) mass is 200 g/mol. The Morgan fingerprint density at radius 1 is 1.62 bits per heavy atom. The highest BCUT2D eigenvalue weighted by molar-refractivity contribution is 6.17. The molecule has 0 atom stereocenters. The molecule has 0 aliphatic heterocycles. The third kappa shape index (κ3) is 2.12. The summed E-state index contributed by atoms with van der Waals surface area (Å²) in [5.74, 6) is -0.366. The van der Waals surface area contributed by atoms with E-state index in [0.717, 1.165) is 5.56 Å². The Morgan fingerprint density at radius 3 is 2.77 bits per heavy atom. The van der Waals surface area contributed by atoms with E-state index in [4.69, 9.17) is 21.4 Å². The largest absolute Gasteiger partial charge is 0.496 e. The van der Waals surface area contributed by atoms with Crippen LogP contribution in [-0.4, -0.2) is 18.2 Å². The second-order valence-corrected chi connectivity index (χ2v) is 2.74. The number of carbonyl (C=O) groups is 1. The summed E-state index contributed by atoms with van der Waals surface area (Å²) in [6.07, 6.45) is 0. The van der Waals surface area contributed by atoms with E-state index >= 15 is 0 Å². The van der Waals surface area contributed by atoms with Crippen molar-refractivity contribution in [1.82, 2.24) is 0 Å². The van der Waals surface area contributed by atoms with Gasteiger partial charge in [-0.15, -0.1) is 11.6 Å². The molecular weight excluding hydrogens is 192 g/mol. The molecule has 0 bridgehead atoms. The Labute approximate surface area is 80.9 Å². The van der Waals surface area contributed by atoms with E-state index in [1.165, 1.54) is 13.2 Å². The molecular formula is C9H9ClO3. The molecule has 0 fully saturated rings. The zero-order valence-corrected chi connectivity index (χ0v) is 7.84. The smallest absolute Gasteiger partial charge is 0.339 e. The van der Waals surface area contributed by atoms with Crippen LogP contribution in [0.2, 0.25) is 0 Å². The molecule has 1 N–H and O–H groups in total. The van der Waals surface area contributed by atoms with Gasteiger partial charge in [0, 0.05) is 5.88 Å². The highest BCUT2D eigenvalue weighted by atomic mass is 35.5. The Bertz CT molecular complexity index is 323. The number of carboxylic acid groups (broad SMARTS) is 1. The predicted molar refractivity (Wildman–Crippen MR) is 49.5 cm³/mol. The van der Waals surface area contributed by atoms with E-state index in [0.29, 0.717) is 11.6 Å². The number of halogens is 1.